The zero-order chi connectivity index (χ0) is 19.1. The normalized spacial score (nSPS) is 12.5. The Morgan fingerprint density at radius 3 is 2.46 bits per heavy atom. The number of aliphatic imine (C=N–C) groups is 1. The van der Waals surface area contributed by atoms with Crippen LogP contribution in [0.2, 0.25) is 0 Å². The van der Waals surface area contributed by atoms with Crippen LogP contribution < -0.4 is 15.4 Å². The number of guanidine groups is 1. The second-order valence-electron chi connectivity index (χ2n) is 6.70. The van der Waals surface area contributed by atoms with Crippen molar-refractivity contribution in [2.24, 2.45) is 4.99 Å². The number of sulfonamides is 1. The lowest BCUT2D eigenvalue weighted by Crippen LogP contribution is -2.47. The average molecular weight is 500 g/mol. The molecule has 3 N–H and O–H groups in total. The maximum atomic E-state index is 13.1. The number of halogens is 2. The molecule has 1 rings (SSSR count). The number of hydrogen-bond donors (Lipinski definition) is 3. The van der Waals surface area contributed by atoms with Crippen molar-refractivity contribution in [3.63, 3.8) is 0 Å². The second-order valence-corrected chi connectivity index (χ2v) is 8.45. The Labute approximate surface area is 173 Å². The largest absolute Gasteiger partial charge is 0.357 e. The van der Waals surface area contributed by atoms with Crippen LogP contribution in [0, 0.1) is 12.7 Å². The van der Waals surface area contributed by atoms with Gasteiger partial charge in [0.05, 0.1) is 12.8 Å². The van der Waals surface area contributed by atoms with Gasteiger partial charge < -0.3 is 10.6 Å². The summed E-state index contributed by atoms with van der Waals surface area (Å²) in [6, 6.07) is 4.77. The Kier molecular flexibility index (Phi) is 10.6. The fourth-order valence-corrected chi connectivity index (χ4v) is 3.48. The maximum absolute atomic E-state index is 13.1. The number of aryl methyl sites for hydroxylation is 1. The summed E-state index contributed by atoms with van der Waals surface area (Å²) in [4.78, 5) is 4.44. The van der Waals surface area contributed by atoms with Gasteiger partial charge in [-0.05, 0) is 57.4 Å². The molecule has 0 atom stereocenters. The first-order valence-electron chi connectivity index (χ1n) is 8.28. The molecule has 0 unspecified atom stereocenters. The van der Waals surface area contributed by atoms with E-state index >= 15 is 0 Å². The number of nitrogens with zero attached hydrogens (tertiary/aromatic N) is 1. The van der Waals surface area contributed by atoms with Crippen molar-refractivity contribution in [1.29, 1.82) is 0 Å². The van der Waals surface area contributed by atoms with Crippen LogP contribution in [-0.4, -0.2) is 45.8 Å². The van der Waals surface area contributed by atoms with E-state index in [2.05, 4.69) is 20.3 Å². The molecule has 1 aromatic rings. The van der Waals surface area contributed by atoms with Gasteiger partial charge in [0.15, 0.2) is 5.96 Å². The van der Waals surface area contributed by atoms with Crippen molar-refractivity contribution in [3.8, 4) is 0 Å². The molecule has 0 radical (unpaired) electrons. The molecule has 0 fully saturated rings. The summed E-state index contributed by atoms with van der Waals surface area (Å²) in [5, 5.41) is 6.34. The predicted octanol–water partition coefficient (Wildman–Crippen LogP) is 2.18. The van der Waals surface area contributed by atoms with Crippen LogP contribution in [0.1, 0.15) is 31.9 Å². The predicted molar refractivity (Wildman–Crippen MR) is 116 cm³/mol. The molecule has 0 spiro atoms. The quantitative estimate of drug-likeness (QED) is 0.291. The number of nitrogens with one attached hydrogen (secondary N) is 3. The van der Waals surface area contributed by atoms with Crippen molar-refractivity contribution < 1.29 is 12.8 Å². The van der Waals surface area contributed by atoms with Gasteiger partial charge in [0.1, 0.15) is 5.82 Å². The van der Waals surface area contributed by atoms with E-state index in [0.29, 0.717) is 25.6 Å². The van der Waals surface area contributed by atoms with E-state index in [0.717, 1.165) is 23.8 Å². The van der Waals surface area contributed by atoms with Crippen LogP contribution in [0.15, 0.2) is 23.2 Å². The van der Waals surface area contributed by atoms with E-state index in [9.17, 15) is 12.8 Å². The lowest BCUT2D eigenvalue weighted by molar-refractivity contribution is 0.464. The average Bonchev–Trinajstić information content (AvgIpc) is 2.44. The van der Waals surface area contributed by atoms with Gasteiger partial charge in [-0.3, -0.25) is 4.99 Å². The maximum Gasteiger partial charge on any atom is 0.209 e. The highest BCUT2D eigenvalue weighted by atomic mass is 127. The van der Waals surface area contributed by atoms with Gasteiger partial charge in [0.2, 0.25) is 10.0 Å². The lowest BCUT2D eigenvalue weighted by atomic mass is 10.1. The van der Waals surface area contributed by atoms with Gasteiger partial charge in [-0.1, -0.05) is 6.07 Å². The fourth-order valence-electron chi connectivity index (χ4n) is 2.41. The number of rotatable bonds is 8. The fraction of sp³-hybridized carbons (Fsp3) is 0.588. The molecule has 6 nitrogen and oxygen atoms in total. The Morgan fingerprint density at radius 1 is 1.27 bits per heavy atom. The summed E-state index contributed by atoms with van der Waals surface area (Å²) >= 11 is 0. The molecule has 150 valence electrons. The van der Waals surface area contributed by atoms with Crippen LogP contribution in [0.25, 0.3) is 0 Å². The third kappa shape index (κ3) is 10.3. The summed E-state index contributed by atoms with van der Waals surface area (Å²) in [6.45, 7) is 9.04. The summed E-state index contributed by atoms with van der Waals surface area (Å²) in [5.41, 5.74) is 1.31. The van der Waals surface area contributed by atoms with Gasteiger partial charge in [-0.25, -0.2) is 17.5 Å². The molecular formula is C17H30FIN4O2S. The zero-order valence-corrected chi connectivity index (χ0v) is 19.2. The molecule has 0 heterocycles. The van der Waals surface area contributed by atoms with Gasteiger partial charge in [0, 0.05) is 18.6 Å². The molecule has 0 aliphatic rings. The molecule has 0 bridgehead atoms. The summed E-state index contributed by atoms with van der Waals surface area (Å²) in [6.07, 6.45) is 1.87. The molecule has 0 aliphatic carbocycles. The van der Waals surface area contributed by atoms with E-state index in [4.69, 9.17) is 0 Å². The van der Waals surface area contributed by atoms with Gasteiger partial charge in [-0.2, -0.15) is 0 Å². The van der Waals surface area contributed by atoms with Crippen LogP contribution in [0.5, 0.6) is 0 Å². The number of benzene rings is 1. The van der Waals surface area contributed by atoms with E-state index in [1.54, 1.807) is 19.9 Å². The van der Waals surface area contributed by atoms with Gasteiger partial charge in [0.25, 0.3) is 0 Å². The first-order valence-corrected chi connectivity index (χ1v) is 10.2. The van der Waals surface area contributed by atoms with Crippen molar-refractivity contribution in [1.82, 2.24) is 15.4 Å². The minimum Gasteiger partial charge on any atom is -0.357 e. The first-order chi connectivity index (χ1) is 11.5. The third-order valence-corrected chi connectivity index (χ3v) is 4.35. The molecule has 0 aromatic heterocycles. The smallest absolute Gasteiger partial charge is 0.209 e. The summed E-state index contributed by atoms with van der Waals surface area (Å²) in [5.74, 6) is 0.385. The molecule has 0 saturated heterocycles. The highest BCUT2D eigenvalue weighted by Gasteiger charge is 2.21. The highest BCUT2D eigenvalue weighted by Crippen LogP contribution is 2.10. The monoisotopic (exact) mass is 500 g/mol. The van der Waals surface area contributed by atoms with Crippen molar-refractivity contribution in [3.05, 3.63) is 35.1 Å². The SMILES string of the molecule is CCNC(=NCC(C)(C)NS(C)(=O)=O)NCCc1ccc(F)cc1C.I. The molecule has 0 amide bonds. The van der Waals surface area contributed by atoms with E-state index in [-0.39, 0.29) is 29.8 Å². The Morgan fingerprint density at radius 2 is 1.92 bits per heavy atom. The van der Waals surface area contributed by atoms with E-state index < -0.39 is 15.6 Å². The van der Waals surface area contributed by atoms with Crippen molar-refractivity contribution in [2.75, 3.05) is 25.9 Å². The van der Waals surface area contributed by atoms with E-state index in [1.807, 2.05) is 13.8 Å². The standard InChI is InChI=1S/C17H29FN4O2S.HI/c1-6-19-16(21-12-17(3,4)22-25(5,23)24)20-10-9-14-7-8-15(18)11-13(14)2;/h7-8,11,22H,6,9-10,12H2,1-5H3,(H2,19,20,21);1H. The molecule has 0 aliphatic heterocycles. The van der Waals surface area contributed by atoms with Crippen LogP contribution >= 0.6 is 24.0 Å². The lowest BCUT2D eigenvalue weighted by Gasteiger charge is -2.23. The highest BCUT2D eigenvalue weighted by molar-refractivity contribution is 14.0. The van der Waals surface area contributed by atoms with Crippen molar-refractivity contribution in [2.45, 2.75) is 39.7 Å². The van der Waals surface area contributed by atoms with Crippen LogP contribution in [0.4, 0.5) is 4.39 Å². The Hall–Kier alpha value is -0.940. The number of hydrogen-bond acceptors (Lipinski definition) is 3. The second kappa shape index (κ2) is 11.0. The third-order valence-electron chi connectivity index (χ3n) is 3.43. The van der Waals surface area contributed by atoms with E-state index in [1.165, 1.54) is 12.1 Å². The Bertz CT molecular complexity index is 709. The van der Waals surface area contributed by atoms with Gasteiger partial charge >= 0.3 is 0 Å². The van der Waals surface area contributed by atoms with Crippen molar-refractivity contribution >= 4 is 40.0 Å². The van der Waals surface area contributed by atoms with Gasteiger partial charge in [-0.15, -0.1) is 24.0 Å². The Balaban J connectivity index is 0.00000625. The molecule has 1 aromatic carbocycles. The zero-order valence-electron chi connectivity index (χ0n) is 16.0. The first kappa shape index (κ1) is 25.1. The van der Waals surface area contributed by atoms with Crippen LogP contribution in [0.3, 0.4) is 0 Å². The molecular weight excluding hydrogens is 470 g/mol. The molecule has 26 heavy (non-hydrogen) atoms. The minimum absolute atomic E-state index is 0. The molecule has 9 heteroatoms. The summed E-state index contributed by atoms with van der Waals surface area (Å²) in [7, 11) is -3.29. The topological polar surface area (TPSA) is 82.6 Å². The molecule has 0 saturated carbocycles. The minimum atomic E-state index is -3.29. The summed E-state index contributed by atoms with van der Waals surface area (Å²) < 4.78 is 38.5. The van der Waals surface area contributed by atoms with Crippen LogP contribution in [-0.2, 0) is 16.4 Å².